The molecule has 2 aromatic carbocycles. The van der Waals surface area contributed by atoms with Crippen LogP contribution in [-0.2, 0) is 9.59 Å². The second-order valence-corrected chi connectivity index (χ2v) is 5.77. The van der Waals surface area contributed by atoms with Crippen molar-refractivity contribution in [2.24, 2.45) is 0 Å². The maximum absolute atomic E-state index is 12.3. The molecule has 0 aliphatic carbocycles. The van der Waals surface area contributed by atoms with Gasteiger partial charge in [-0.05, 0) is 56.7 Å². The fourth-order valence-electron chi connectivity index (χ4n) is 2.27. The summed E-state index contributed by atoms with van der Waals surface area (Å²) in [4.78, 5) is 23.3. The van der Waals surface area contributed by atoms with Crippen molar-refractivity contribution in [2.45, 2.75) is 33.8 Å². The van der Waals surface area contributed by atoms with Crippen molar-refractivity contribution in [3.63, 3.8) is 0 Å². The van der Waals surface area contributed by atoms with Crippen molar-refractivity contribution in [2.75, 3.05) is 10.6 Å². The Bertz CT molecular complexity index is 739. The van der Waals surface area contributed by atoms with Gasteiger partial charge in [-0.15, -0.1) is 0 Å². The van der Waals surface area contributed by atoms with Crippen molar-refractivity contribution >= 4 is 23.2 Å². The van der Waals surface area contributed by atoms with E-state index < -0.39 is 6.10 Å². The highest BCUT2D eigenvalue weighted by atomic mass is 16.5. The minimum Gasteiger partial charge on any atom is -0.481 e. The highest BCUT2D eigenvalue weighted by molar-refractivity contribution is 5.94. The Morgan fingerprint density at radius 3 is 2.25 bits per heavy atom. The van der Waals surface area contributed by atoms with Crippen molar-refractivity contribution in [3.8, 4) is 5.75 Å². The molecule has 5 nitrogen and oxygen atoms in total. The molecule has 2 N–H and O–H groups in total. The van der Waals surface area contributed by atoms with Gasteiger partial charge in [0.05, 0.1) is 0 Å². The molecule has 126 valence electrons. The van der Waals surface area contributed by atoms with E-state index >= 15 is 0 Å². The first-order valence-corrected chi connectivity index (χ1v) is 7.77. The summed E-state index contributed by atoms with van der Waals surface area (Å²) in [7, 11) is 0. The van der Waals surface area contributed by atoms with Crippen LogP contribution in [0.4, 0.5) is 11.4 Å². The number of rotatable bonds is 5. The van der Waals surface area contributed by atoms with E-state index in [9.17, 15) is 9.59 Å². The van der Waals surface area contributed by atoms with Crippen molar-refractivity contribution in [1.29, 1.82) is 0 Å². The number of anilines is 2. The van der Waals surface area contributed by atoms with Crippen LogP contribution in [0.25, 0.3) is 0 Å². The van der Waals surface area contributed by atoms with Gasteiger partial charge in [0.2, 0.25) is 5.91 Å². The molecule has 24 heavy (non-hydrogen) atoms. The summed E-state index contributed by atoms with van der Waals surface area (Å²) in [6, 6.07) is 12.7. The van der Waals surface area contributed by atoms with E-state index in [0.29, 0.717) is 11.4 Å². The van der Waals surface area contributed by atoms with Crippen LogP contribution in [0, 0.1) is 13.8 Å². The quantitative estimate of drug-likeness (QED) is 0.881. The second kappa shape index (κ2) is 7.64. The lowest BCUT2D eigenvalue weighted by molar-refractivity contribution is -0.122. The zero-order chi connectivity index (χ0) is 17.7. The third kappa shape index (κ3) is 4.84. The van der Waals surface area contributed by atoms with E-state index in [4.69, 9.17) is 4.74 Å². The van der Waals surface area contributed by atoms with Crippen LogP contribution < -0.4 is 15.4 Å². The molecule has 1 unspecified atom stereocenters. The average Bonchev–Trinajstić information content (AvgIpc) is 2.51. The van der Waals surface area contributed by atoms with E-state index in [-0.39, 0.29) is 11.8 Å². The minimum absolute atomic E-state index is 0.134. The van der Waals surface area contributed by atoms with Crippen LogP contribution in [0.15, 0.2) is 42.5 Å². The topological polar surface area (TPSA) is 67.4 Å². The number of carbonyl (C=O) groups excluding carboxylic acids is 2. The number of amides is 2. The van der Waals surface area contributed by atoms with Crippen LogP contribution in [0.3, 0.4) is 0 Å². The number of hydrogen-bond donors (Lipinski definition) is 2. The third-order valence-electron chi connectivity index (χ3n) is 3.50. The molecule has 1 atom stereocenters. The molecule has 0 fully saturated rings. The van der Waals surface area contributed by atoms with Gasteiger partial charge in [-0.25, -0.2) is 0 Å². The number of benzene rings is 2. The Balaban J connectivity index is 1.97. The maximum atomic E-state index is 12.3. The molecule has 0 aliphatic rings. The maximum Gasteiger partial charge on any atom is 0.265 e. The average molecular weight is 326 g/mol. The monoisotopic (exact) mass is 326 g/mol. The number of hydrogen-bond acceptors (Lipinski definition) is 3. The second-order valence-electron chi connectivity index (χ2n) is 5.77. The van der Waals surface area contributed by atoms with Crippen LogP contribution in [-0.4, -0.2) is 17.9 Å². The summed E-state index contributed by atoms with van der Waals surface area (Å²) in [5.41, 5.74) is 3.62. The van der Waals surface area contributed by atoms with Gasteiger partial charge in [-0.3, -0.25) is 9.59 Å². The van der Waals surface area contributed by atoms with Crippen LogP contribution >= 0.6 is 0 Å². The van der Waals surface area contributed by atoms with E-state index in [2.05, 4.69) is 10.6 Å². The number of aryl methyl sites for hydroxylation is 2. The van der Waals surface area contributed by atoms with E-state index in [1.807, 2.05) is 32.0 Å². The van der Waals surface area contributed by atoms with Gasteiger partial charge in [-0.1, -0.05) is 17.7 Å². The Kier molecular flexibility index (Phi) is 5.58. The molecule has 0 radical (unpaired) electrons. The van der Waals surface area contributed by atoms with Gasteiger partial charge in [0, 0.05) is 18.3 Å². The third-order valence-corrected chi connectivity index (χ3v) is 3.50. The van der Waals surface area contributed by atoms with E-state index in [1.54, 1.807) is 31.2 Å². The number of ether oxygens (including phenoxy) is 1. The van der Waals surface area contributed by atoms with Gasteiger partial charge in [0.15, 0.2) is 6.10 Å². The highest BCUT2D eigenvalue weighted by Crippen LogP contribution is 2.19. The number of nitrogens with one attached hydrogen (secondary N) is 2. The smallest absolute Gasteiger partial charge is 0.265 e. The lowest BCUT2D eigenvalue weighted by Gasteiger charge is -2.16. The first kappa shape index (κ1) is 17.5. The van der Waals surface area contributed by atoms with Gasteiger partial charge < -0.3 is 15.4 Å². The molecule has 0 bridgehead atoms. The predicted molar refractivity (Wildman–Crippen MR) is 95.4 cm³/mol. The van der Waals surface area contributed by atoms with Crippen molar-refractivity contribution in [3.05, 3.63) is 53.6 Å². The standard InChI is InChI=1S/C19H22N2O3/c1-12-5-10-18(13(2)11-12)21-19(23)14(3)24-17-8-6-16(7-9-17)20-15(4)22/h5-11,14H,1-4H3,(H,20,22)(H,21,23). The predicted octanol–water partition coefficient (Wildman–Crippen LogP) is 3.67. The molecule has 0 aromatic heterocycles. The summed E-state index contributed by atoms with van der Waals surface area (Å²) in [6.07, 6.45) is -0.641. The first-order valence-electron chi connectivity index (χ1n) is 7.77. The Morgan fingerprint density at radius 1 is 1.00 bits per heavy atom. The Morgan fingerprint density at radius 2 is 1.67 bits per heavy atom. The van der Waals surface area contributed by atoms with Crippen LogP contribution in [0.2, 0.25) is 0 Å². The van der Waals surface area contributed by atoms with Crippen LogP contribution in [0.5, 0.6) is 5.75 Å². The summed E-state index contributed by atoms with van der Waals surface area (Å²) < 4.78 is 5.65. The van der Waals surface area contributed by atoms with Crippen molar-refractivity contribution in [1.82, 2.24) is 0 Å². The summed E-state index contributed by atoms with van der Waals surface area (Å²) >= 11 is 0. The molecule has 2 aromatic rings. The van der Waals surface area contributed by atoms with Crippen LogP contribution in [0.1, 0.15) is 25.0 Å². The summed E-state index contributed by atoms with van der Waals surface area (Å²) in [5.74, 6) is 0.213. The Hall–Kier alpha value is -2.82. The molecule has 2 amide bonds. The number of carbonyl (C=O) groups is 2. The lowest BCUT2D eigenvalue weighted by atomic mass is 10.1. The molecule has 0 heterocycles. The molecular weight excluding hydrogens is 304 g/mol. The minimum atomic E-state index is -0.641. The summed E-state index contributed by atoms with van der Waals surface area (Å²) in [6.45, 7) is 7.11. The molecular formula is C19H22N2O3. The molecule has 0 aliphatic heterocycles. The molecule has 2 rings (SSSR count). The summed E-state index contributed by atoms with van der Waals surface area (Å²) in [5, 5.41) is 5.55. The largest absolute Gasteiger partial charge is 0.481 e. The van der Waals surface area contributed by atoms with Gasteiger partial charge >= 0.3 is 0 Å². The molecule has 0 spiro atoms. The van der Waals surface area contributed by atoms with Gasteiger partial charge in [-0.2, -0.15) is 0 Å². The molecule has 0 saturated heterocycles. The fraction of sp³-hybridized carbons (Fsp3) is 0.263. The molecule has 0 saturated carbocycles. The van der Waals surface area contributed by atoms with E-state index in [1.165, 1.54) is 6.92 Å². The van der Waals surface area contributed by atoms with Crippen molar-refractivity contribution < 1.29 is 14.3 Å². The van der Waals surface area contributed by atoms with Gasteiger partial charge in [0.1, 0.15) is 5.75 Å². The first-order chi connectivity index (χ1) is 11.3. The fourth-order valence-corrected chi connectivity index (χ4v) is 2.27. The zero-order valence-corrected chi connectivity index (χ0v) is 14.3. The SMILES string of the molecule is CC(=O)Nc1ccc(OC(C)C(=O)Nc2ccc(C)cc2C)cc1. The highest BCUT2D eigenvalue weighted by Gasteiger charge is 2.15. The Labute approximate surface area is 142 Å². The molecule has 5 heteroatoms. The lowest BCUT2D eigenvalue weighted by Crippen LogP contribution is -2.30. The normalized spacial score (nSPS) is 11.5. The van der Waals surface area contributed by atoms with E-state index in [0.717, 1.165) is 16.8 Å². The zero-order valence-electron chi connectivity index (χ0n) is 14.3. The van der Waals surface area contributed by atoms with Gasteiger partial charge in [0.25, 0.3) is 5.91 Å².